The van der Waals surface area contributed by atoms with Gasteiger partial charge < -0.3 is 20.9 Å². The fraction of sp³-hybridized carbons (Fsp3) is 0.929. The van der Waals surface area contributed by atoms with E-state index in [1.165, 1.54) is 0 Å². The van der Waals surface area contributed by atoms with Gasteiger partial charge in [0.25, 0.3) is 0 Å². The Kier molecular flexibility index (Phi) is 4.18. The molecule has 3 N–H and O–H groups in total. The fourth-order valence-electron chi connectivity index (χ4n) is 3.38. The number of nitrogens with zero attached hydrogens (tertiary/aromatic N) is 1. The molecule has 0 aliphatic carbocycles. The van der Waals surface area contributed by atoms with Crippen molar-refractivity contribution in [1.29, 1.82) is 0 Å². The maximum atomic E-state index is 12.7. The maximum absolute atomic E-state index is 12.7. The van der Waals surface area contributed by atoms with Crippen molar-refractivity contribution >= 4 is 5.91 Å². The largest absolute Gasteiger partial charge is 0.634 e. The molecular formula is C14H27N3O2. The van der Waals surface area contributed by atoms with Crippen molar-refractivity contribution < 1.29 is 9.86 Å². The third kappa shape index (κ3) is 3.09. The fourth-order valence-corrected chi connectivity index (χ4v) is 3.38. The predicted octanol–water partition coefficient (Wildman–Crippen LogP) is -0.247. The molecule has 1 amide bonds. The summed E-state index contributed by atoms with van der Waals surface area (Å²) < 4.78 is 0. The number of quaternary nitrogens is 1. The lowest BCUT2D eigenvalue weighted by molar-refractivity contribution is -0.884. The number of amides is 1. The van der Waals surface area contributed by atoms with Gasteiger partial charge in [-0.25, -0.2) is 0 Å². The second-order valence-corrected chi connectivity index (χ2v) is 6.78. The first kappa shape index (κ1) is 14.8. The smallest absolute Gasteiger partial charge is 0.231 e. The zero-order valence-electron chi connectivity index (χ0n) is 12.3. The summed E-state index contributed by atoms with van der Waals surface area (Å²) in [5.74, 6) is 0.360. The van der Waals surface area contributed by atoms with Gasteiger partial charge in [0.1, 0.15) is 0 Å². The predicted molar refractivity (Wildman–Crippen MR) is 74.3 cm³/mol. The van der Waals surface area contributed by atoms with Crippen LogP contribution in [0.15, 0.2) is 0 Å². The third-order valence-corrected chi connectivity index (χ3v) is 5.01. The number of carbonyl (C=O) groups excluding carboxylic acids is 1. The minimum Gasteiger partial charge on any atom is -0.634 e. The molecule has 2 aliphatic rings. The Balaban J connectivity index is 2.02. The highest BCUT2D eigenvalue weighted by Crippen LogP contribution is 2.26. The van der Waals surface area contributed by atoms with Crippen molar-refractivity contribution in [3.8, 4) is 0 Å². The Morgan fingerprint density at radius 3 is 2.53 bits per heavy atom. The van der Waals surface area contributed by atoms with Crippen LogP contribution in [0.25, 0.3) is 0 Å². The second kappa shape index (κ2) is 5.38. The van der Waals surface area contributed by atoms with Crippen molar-refractivity contribution in [2.45, 2.75) is 51.6 Å². The highest BCUT2D eigenvalue weighted by molar-refractivity contribution is 5.80. The molecule has 0 aromatic rings. The number of hydrogen-bond donors (Lipinski definition) is 2. The summed E-state index contributed by atoms with van der Waals surface area (Å²) in [5, 5.41) is 12.1. The standard InChI is InChI=1S/C14H27N3O2/c1-10-4-7-17(19)11(2)12(10)13(18)16-8-5-14(3,15)6-9-16/h10-12,17H,4-9,15H2,1-3H3/t10?,11-,12?/m0/s1. The van der Waals surface area contributed by atoms with E-state index in [-0.39, 0.29) is 28.5 Å². The van der Waals surface area contributed by atoms with Crippen molar-refractivity contribution in [2.75, 3.05) is 19.6 Å². The number of rotatable bonds is 1. The Labute approximate surface area is 115 Å². The molecule has 3 unspecified atom stereocenters. The zero-order chi connectivity index (χ0) is 14.2. The van der Waals surface area contributed by atoms with Crippen LogP contribution in [0.3, 0.4) is 0 Å². The van der Waals surface area contributed by atoms with Crippen LogP contribution in [0.2, 0.25) is 0 Å². The average Bonchev–Trinajstić information content (AvgIpc) is 2.34. The highest BCUT2D eigenvalue weighted by atomic mass is 16.5. The number of hydroxylamine groups is 2. The summed E-state index contributed by atoms with van der Waals surface area (Å²) in [4.78, 5) is 14.6. The molecule has 0 saturated carbocycles. The molecular weight excluding hydrogens is 242 g/mol. The molecule has 0 spiro atoms. The lowest BCUT2D eigenvalue weighted by atomic mass is 9.80. The van der Waals surface area contributed by atoms with Gasteiger partial charge in [-0.2, -0.15) is 0 Å². The van der Waals surface area contributed by atoms with Crippen molar-refractivity contribution in [1.82, 2.24) is 4.90 Å². The van der Waals surface area contributed by atoms with Crippen LogP contribution in [0.1, 0.15) is 40.0 Å². The summed E-state index contributed by atoms with van der Waals surface area (Å²) >= 11 is 0. The van der Waals surface area contributed by atoms with Gasteiger partial charge in [0.05, 0.1) is 18.5 Å². The molecule has 2 rings (SSSR count). The molecule has 5 heteroatoms. The minimum atomic E-state index is -0.142. The first-order chi connectivity index (χ1) is 8.82. The highest BCUT2D eigenvalue weighted by Gasteiger charge is 2.41. The molecule has 5 nitrogen and oxygen atoms in total. The first-order valence-electron chi connectivity index (χ1n) is 7.42. The van der Waals surface area contributed by atoms with Crippen molar-refractivity contribution in [3.63, 3.8) is 0 Å². The van der Waals surface area contributed by atoms with E-state index < -0.39 is 0 Å². The second-order valence-electron chi connectivity index (χ2n) is 6.78. The summed E-state index contributed by atoms with van der Waals surface area (Å²) in [6.07, 6.45) is 2.55. The number of hydrogen-bond acceptors (Lipinski definition) is 3. The lowest BCUT2D eigenvalue weighted by Crippen LogP contribution is -3.13. The third-order valence-electron chi connectivity index (χ3n) is 5.01. The number of nitrogens with one attached hydrogen (secondary N) is 1. The van der Waals surface area contributed by atoms with Crippen LogP contribution >= 0.6 is 0 Å². The van der Waals surface area contributed by atoms with Crippen LogP contribution in [0, 0.1) is 17.0 Å². The van der Waals surface area contributed by atoms with Crippen molar-refractivity contribution in [3.05, 3.63) is 5.21 Å². The zero-order valence-corrected chi connectivity index (χ0v) is 12.3. The molecule has 2 aliphatic heterocycles. The quantitative estimate of drug-likeness (QED) is 0.645. The summed E-state index contributed by atoms with van der Waals surface area (Å²) in [7, 11) is 0. The Hall–Kier alpha value is -0.650. The van der Waals surface area contributed by atoms with Gasteiger partial charge in [-0.3, -0.25) is 4.79 Å². The van der Waals surface area contributed by atoms with Crippen molar-refractivity contribution in [2.24, 2.45) is 17.6 Å². The number of likely N-dealkylation sites (tertiary alicyclic amines) is 1. The van der Waals surface area contributed by atoms with Gasteiger partial charge in [0, 0.05) is 25.0 Å². The summed E-state index contributed by atoms with van der Waals surface area (Å²) in [5.41, 5.74) is 5.96. The van der Waals surface area contributed by atoms with E-state index in [1.54, 1.807) is 0 Å². The van der Waals surface area contributed by atoms with Gasteiger partial charge in [0.15, 0.2) is 0 Å². The van der Waals surface area contributed by atoms with Crippen LogP contribution in [-0.4, -0.2) is 42.0 Å². The number of nitrogens with two attached hydrogens (primary N) is 1. The number of carbonyl (C=O) groups is 1. The molecule has 110 valence electrons. The van der Waals surface area contributed by atoms with Crippen LogP contribution < -0.4 is 10.8 Å². The van der Waals surface area contributed by atoms with Crippen LogP contribution in [0.4, 0.5) is 0 Å². The van der Waals surface area contributed by atoms with E-state index in [4.69, 9.17) is 5.73 Å². The monoisotopic (exact) mass is 269 g/mol. The Morgan fingerprint density at radius 2 is 1.95 bits per heavy atom. The molecule has 0 aromatic carbocycles. The van der Waals surface area contributed by atoms with Crippen LogP contribution in [-0.2, 0) is 4.79 Å². The normalized spacial score (nSPS) is 39.1. The SMILES string of the molecule is CC1CC[NH+]([O-])[C@@H](C)C1C(=O)N1CCC(C)(N)CC1. The lowest BCUT2D eigenvalue weighted by Gasteiger charge is -2.45. The van der Waals surface area contributed by atoms with E-state index in [9.17, 15) is 10.0 Å². The molecule has 4 atom stereocenters. The minimum absolute atomic E-state index is 0.122. The molecule has 2 fully saturated rings. The summed E-state index contributed by atoms with van der Waals surface area (Å²) in [6.45, 7) is 8.16. The van der Waals surface area contributed by atoms with Gasteiger partial charge in [-0.05, 0) is 32.6 Å². The maximum Gasteiger partial charge on any atom is 0.231 e. The molecule has 2 heterocycles. The van der Waals surface area contributed by atoms with E-state index in [0.29, 0.717) is 12.5 Å². The van der Waals surface area contributed by atoms with E-state index in [1.807, 2.05) is 18.7 Å². The van der Waals surface area contributed by atoms with Gasteiger partial charge in [-0.1, -0.05) is 6.92 Å². The first-order valence-corrected chi connectivity index (χ1v) is 7.42. The molecule has 0 aromatic heterocycles. The molecule has 0 radical (unpaired) electrons. The van der Waals surface area contributed by atoms with Gasteiger partial charge in [0.2, 0.25) is 5.91 Å². The Morgan fingerprint density at radius 1 is 1.37 bits per heavy atom. The molecule has 19 heavy (non-hydrogen) atoms. The topological polar surface area (TPSA) is 73.8 Å². The van der Waals surface area contributed by atoms with Gasteiger partial charge >= 0.3 is 0 Å². The van der Waals surface area contributed by atoms with Gasteiger partial charge in [-0.15, -0.1) is 0 Å². The summed E-state index contributed by atoms with van der Waals surface area (Å²) in [6, 6.07) is -0.123. The van der Waals surface area contributed by atoms with E-state index in [2.05, 4.69) is 6.92 Å². The van der Waals surface area contributed by atoms with E-state index >= 15 is 0 Å². The average molecular weight is 269 g/mol. The number of piperidine rings is 2. The molecule has 2 saturated heterocycles. The Bertz CT molecular complexity index is 336. The van der Waals surface area contributed by atoms with Crippen LogP contribution in [0.5, 0.6) is 0 Å². The molecule has 0 bridgehead atoms. The van der Waals surface area contributed by atoms with E-state index in [0.717, 1.165) is 32.4 Å².